The maximum absolute atomic E-state index is 12.3. The number of carbonyl (C=O) groups excluding carboxylic acids is 2. The lowest BCUT2D eigenvalue weighted by Crippen LogP contribution is -2.34. The summed E-state index contributed by atoms with van der Waals surface area (Å²) in [5.41, 5.74) is 3.76. The lowest BCUT2D eigenvalue weighted by atomic mass is 10.1. The van der Waals surface area contributed by atoms with Crippen molar-refractivity contribution in [1.82, 2.24) is 4.48 Å². The molecule has 5 nitrogen and oxygen atoms in total. The van der Waals surface area contributed by atoms with Crippen LogP contribution in [0.4, 0.5) is 5.69 Å². The summed E-state index contributed by atoms with van der Waals surface area (Å²) < 4.78 is 12.2. The van der Waals surface area contributed by atoms with Crippen LogP contribution in [0.25, 0.3) is 6.08 Å². The summed E-state index contributed by atoms with van der Waals surface area (Å²) in [6, 6.07) is 25.2. The van der Waals surface area contributed by atoms with Gasteiger partial charge in [0.2, 0.25) is 0 Å². The zero-order valence-corrected chi connectivity index (χ0v) is 23.6. The van der Waals surface area contributed by atoms with Gasteiger partial charge in [0.05, 0.1) is 40.8 Å². The molecule has 0 aliphatic rings. The third kappa shape index (κ3) is 10.9. The van der Waals surface area contributed by atoms with E-state index < -0.39 is 0 Å². The number of ketones is 1. The van der Waals surface area contributed by atoms with Crippen molar-refractivity contribution in [3.63, 3.8) is 0 Å². The summed E-state index contributed by atoms with van der Waals surface area (Å²) in [7, 11) is 6.36. The van der Waals surface area contributed by atoms with Crippen molar-refractivity contribution in [3.05, 3.63) is 102 Å². The Hall–Kier alpha value is -3.70. The Morgan fingerprint density at radius 2 is 1.33 bits per heavy atom. The minimum atomic E-state index is -0.162. The predicted molar refractivity (Wildman–Crippen MR) is 160 cm³/mol. The fraction of sp³-hybridized carbons (Fsp3) is 0.353. The summed E-state index contributed by atoms with van der Waals surface area (Å²) in [5, 5.41) is 0. The average Bonchev–Trinajstić information content (AvgIpc) is 2.93. The van der Waals surface area contributed by atoms with Crippen LogP contribution in [0.2, 0.25) is 0 Å². The van der Waals surface area contributed by atoms with Crippen molar-refractivity contribution in [3.8, 4) is 5.75 Å². The molecule has 0 saturated heterocycles. The van der Waals surface area contributed by atoms with Gasteiger partial charge in [-0.15, -0.1) is 0 Å². The monoisotopic (exact) mass is 528 g/mol. The fourth-order valence-corrected chi connectivity index (χ4v) is 4.17. The highest BCUT2D eigenvalue weighted by molar-refractivity contribution is 6.06. The summed E-state index contributed by atoms with van der Waals surface area (Å²) in [6.45, 7) is 1.13. The molecule has 0 heterocycles. The smallest absolute Gasteiger partial charge is 0.310 e. The molecular weight excluding hydrogens is 486 g/mol. The molecule has 0 saturated carbocycles. The number of nitrogens with zero attached hydrogens (tertiary/aromatic N) is 1. The predicted octanol–water partition coefficient (Wildman–Crippen LogP) is 7.28. The number of allylic oxidation sites excluding steroid dienone is 1. The molecule has 0 amide bonds. The number of benzene rings is 3. The van der Waals surface area contributed by atoms with Gasteiger partial charge in [0.25, 0.3) is 0 Å². The summed E-state index contributed by atoms with van der Waals surface area (Å²) >= 11 is 0. The molecule has 0 unspecified atom stereocenters. The molecule has 0 aliphatic heterocycles. The Kier molecular flexibility index (Phi) is 12.0. The molecule has 0 spiro atoms. The van der Waals surface area contributed by atoms with Crippen LogP contribution in [0.1, 0.15) is 60.0 Å². The Bertz CT molecular complexity index is 1190. The van der Waals surface area contributed by atoms with Crippen LogP contribution in [0.3, 0.4) is 0 Å². The number of rotatable bonds is 16. The minimum absolute atomic E-state index is 0.0227. The number of ether oxygens (including phenoxy) is 2. The Morgan fingerprint density at radius 3 is 2.03 bits per heavy atom. The maximum Gasteiger partial charge on any atom is 0.310 e. The van der Waals surface area contributed by atoms with E-state index in [1.165, 1.54) is 5.69 Å². The highest BCUT2D eigenvalue weighted by Crippen LogP contribution is 2.21. The first-order valence-electron chi connectivity index (χ1n) is 13.9. The molecule has 0 aromatic heterocycles. The van der Waals surface area contributed by atoms with E-state index in [1.54, 1.807) is 6.08 Å². The Morgan fingerprint density at radius 1 is 0.718 bits per heavy atom. The molecule has 0 bridgehead atoms. The Labute approximate surface area is 233 Å². The molecule has 0 aliphatic carbocycles. The van der Waals surface area contributed by atoms with Crippen molar-refractivity contribution in [1.29, 1.82) is 0 Å². The highest BCUT2D eigenvalue weighted by Gasteiger charge is 2.12. The molecule has 0 fully saturated rings. The van der Waals surface area contributed by atoms with Crippen LogP contribution < -0.4 is 9.22 Å². The van der Waals surface area contributed by atoms with Gasteiger partial charge >= 0.3 is 5.97 Å². The molecule has 5 heteroatoms. The van der Waals surface area contributed by atoms with Crippen molar-refractivity contribution < 1.29 is 19.1 Å². The summed E-state index contributed by atoms with van der Waals surface area (Å²) in [4.78, 5) is 24.5. The van der Waals surface area contributed by atoms with Crippen molar-refractivity contribution >= 4 is 23.5 Å². The summed E-state index contributed by atoms with van der Waals surface area (Å²) in [6.07, 6.45) is 9.99. The molecule has 0 atom stereocenters. The van der Waals surface area contributed by atoms with E-state index in [0.29, 0.717) is 25.2 Å². The third-order valence-corrected chi connectivity index (χ3v) is 6.51. The zero-order chi connectivity index (χ0) is 27.9. The van der Waals surface area contributed by atoms with Crippen LogP contribution in [-0.4, -0.2) is 46.1 Å². The first kappa shape index (κ1) is 29.9. The van der Waals surface area contributed by atoms with Gasteiger partial charge in [-0.05, 0) is 48.8 Å². The van der Waals surface area contributed by atoms with E-state index in [0.717, 1.165) is 59.9 Å². The first-order chi connectivity index (χ1) is 18.8. The van der Waals surface area contributed by atoms with Crippen molar-refractivity contribution in [2.75, 3.05) is 34.4 Å². The molecule has 3 aromatic rings. The average molecular weight is 529 g/mol. The van der Waals surface area contributed by atoms with E-state index in [-0.39, 0.29) is 11.8 Å². The number of unbranched alkanes of at least 4 members (excludes halogenated alkanes) is 5. The standard InChI is InChI=1S/C34H42NO4/c1-35(2,3)31-22-19-28(20-23-31)27-34(37)39-26-14-7-5-4-6-13-25-38-33-18-12-11-17-30(33)21-24-32(36)29-15-9-8-10-16-29/h8-12,15-24H,4-7,13-14,25-27H2,1-3H3/q+1. The molecular formula is C34H42NO4+. The van der Waals surface area contributed by atoms with Crippen LogP contribution in [-0.2, 0) is 16.0 Å². The van der Waals surface area contributed by atoms with E-state index in [9.17, 15) is 9.59 Å². The maximum atomic E-state index is 12.3. The topological polar surface area (TPSA) is 52.6 Å². The second-order valence-electron chi connectivity index (χ2n) is 10.6. The molecule has 0 radical (unpaired) electrons. The number of para-hydroxylation sites is 1. The number of esters is 1. The third-order valence-electron chi connectivity index (χ3n) is 6.51. The Balaban J connectivity index is 1.24. The van der Waals surface area contributed by atoms with Gasteiger partial charge in [-0.3, -0.25) is 14.1 Å². The lowest BCUT2D eigenvalue weighted by molar-refractivity contribution is -0.142. The zero-order valence-electron chi connectivity index (χ0n) is 23.6. The normalized spacial score (nSPS) is 11.5. The molecule has 206 valence electrons. The van der Waals surface area contributed by atoms with Crippen LogP contribution in [0.5, 0.6) is 5.75 Å². The lowest BCUT2D eigenvalue weighted by Gasteiger charge is -2.23. The summed E-state index contributed by atoms with van der Waals surface area (Å²) in [5.74, 6) is 0.607. The first-order valence-corrected chi connectivity index (χ1v) is 13.9. The van der Waals surface area contributed by atoms with E-state index >= 15 is 0 Å². The molecule has 3 rings (SSSR count). The van der Waals surface area contributed by atoms with Crippen molar-refractivity contribution in [2.24, 2.45) is 0 Å². The van der Waals surface area contributed by atoms with Gasteiger partial charge in [-0.2, -0.15) is 0 Å². The van der Waals surface area contributed by atoms with Gasteiger partial charge in [-0.25, -0.2) is 0 Å². The van der Waals surface area contributed by atoms with Gasteiger partial charge in [0.1, 0.15) is 11.4 Å². The molecule has 39 heavy (non-hydrogen) atoms. The largest absolute Gasteiger partial charge is 0.493 e. The van der Waals surface area contributed by atoms with Gasteiger partial charge < -0.3 is 9.47 Å². The second-order valence-corrected chi connectivity index (χ2v) is 10.6. The molecule has 0 N–H and O–H groups in total. The number of hydrogen-bond acceptors (Lipinski definition) is 4. The number of carbonyl (C=O) groups is 2. The number of quaternary nitrogens is 1. The van der Waals surface area contributed by atoms with Crippen LogP contribution in [0.15, 0.2) is 84.9 Å². The minimum Gasteiger partial charge on any atom is -0.493 e. The quantitative estimate of drug-likeness (QED) is 0.0644. The van der Waals surface area contributed by atoms with Gasteiger partial charge in [0.15, 0.2) is 5.78 Å². The van der Waals surface area contributed by atoms with Gasteiger partial charge in [-0.1, -0.05) is 86.3 Å². The highest BCUT2D eigenvalue weighted by atomic mass is 16.5. The number of hydrogen-bond donors (Lipinski definition) is 0. The fourth-order valence-electron chi connectivity index (χ4n) is 4.17. The van der Waals surface area contributed by atoms with E-state index in [4.69, 9.17) is 9.47 Å². The SMILES string of the molecule is C[N+](C)(C)c1ccc(CC(=O)OCCCCCCCCOc2ccccc2C=CC(=O)c2ccccc2)cc1. The van der Waals surface area contributed by atoms with E-state index in [2.05, 4.69) is 33.3 Å². The van der Waals surface area contributed by atoms with Gasteiger partial charge in [0, 0.05) is 11.1 Å². The van der Waals surface area contributed by atoms with Crippen LogP contribution in [0, 0.1) is 0 Å². The second kappa shape index (κ2) is 15.6. The van der Waals surface area contributed by atoms with Crippen molar-refractivity contribution in [2.45, 2.75) is 44.9 Å². The van der Waals surface area contributed by atoms with Crippen LogP contribution >= 0.6 is 0 Å². The van der Waals surface area contributed by atoms with E-state index in [1.807, 2.05) is 72.8 Å². The molecule has 3 aromatic carbocycles.